The predicted octanol–water partition coefficient (Wildman–Crippen LogP) is 6.40. The van der Waals surface area contributed by atoms with Crippen molar-refractivity contribution in [3.63, 3.8) is 0 Å². The molecule has 0 radical (unpaired) electrons. The van der Waals surface area contributed by atoms with Crippen LogP contribution < -0.4 is 10.6 Å². The van der Waals surface area contributed by atoms with Gasteiger partial charge in [0.25, 0.3) is 5.91 Å². The Kier molecular flexibility index (Phi) is 8.36. The summed E-state index contributed by atoms with van der Waals surface area (Å²) < 4.78 is 7.30. The third-order valence-electron chi connectivity index (χ3n) is 8.08. The molecular formula is C36H38N6O3. The highest BCUT2D eigenvalue weighted by atomic mass is 16.5. The van der Waals surface area contributed by atoms with Gasteiger partial charge < -0.3 is 24.7 Å². The van der Waals surface area contributed by atoms with Crippen molar-refractivity contribution in [2.75, 3.05) is 36.9 Å². The lowest BCUT2D eigenvalue weighted by molar-refractivity contribution is -0.134. The molecule has 0 unspecified atom stereocenters. The van der Waals surface area contributed by atoms with E-state index in [1.807, 2.05) is 95.3 Å². The first-order valence-electron chi connectivity index (χ1n) is 15.2. The second-order valence-electron chi connectivity index (χ2n) is 12.4. The Bertz CT molecular complexity index is 1850. The maximum Gasteiger partial charge on any atom is 0.255 e. The van der Waals surface area contributed by atoms with Crippen LogP contribution in [0.5, 0.6) is 0 Å². The van der Waals surface area contributed by atoms with Gasteiger partial charge in [-0.2, -0.15) is 0 Å². The highest BCUT2D eigenvalue weighted by molar-refractivity contribution is 6.05. The molecule has 9 heteroatoms. The largest absolute Gasteiger partial charge is 0.378 e. The number of fused-ring (bicyclic) bond motifs is 1. The number of imidazole rings is 1. The number of hydrogen-bond acceptors (Lipinski definition) is 6. The van der Waals surface area contributed by atoms with Gasteiger partial charge in [-0.1, -0.05) is 57.2 Å². The molecule has 1 fully saturated rings. The fraction of sp³-hybridized carbons (Fsp3) is 0.278. The van der Waals surface area contributed by atoms with E-state index >= 15 is 0 Å². The second-order valence-corrected chi connectivity index (χ2v) is 12.4. The molecule has 9 nitrogen and oxygen atoms in total. The molecule has 1 saturated heterocycles. The number of hydrogen-bond donors (Lipinski definition) is 2. The summed E-state index contributed by atoms with van der Waals surface area (Å²) in [5.74, 6) is 0.512. The summed E-state index contributed by atoms with van der Waals surface area (Å²) >= 11 is 0. The number of amides is 2. The van der Waals surface area contributed by atoms with Crippen LogP contribution in [0.2, 0.25) is 0 Å². The van der Waals surface area contributed by atoms with Crippen LogP contribution in [-0.4, -0.2) is 57.4 Å². The SMILES string of the molecule is Cc1ccc(-c2cn3ccnc3c(Nc3cccc(CC(=O)N4CCOCC4)c3)n2)cc1NC(=O)c1ccc(C(C)(C)C)cc1. The fourth-order valence-electron chi connectivity index (χ4n) is 5.38. The molecule has 6 rings (SSSR count). The van der Waals surface area contributed by atoms with Gasteiger partial charge in [0.2, 0.25) is 5.91 Å². The van der Waals surface area contributed by atoms with E-state index < -0.39 is 0 Å². The van der Waals surface area contributed by atoms with Gasteiger partial charge in [-0.25, -0.2) is 9.97 Å². The molecule has 0 saturated carbocycles. The number of rotatable bonds is 7. The average molecular weight is 603 g/mol. The molecule has 0 atom stereocenters. The van der Waals surface area contributed by atoms with E-state index in [1.165, 1.54) is 5.56 Å². The number of ether oxygens (including phenoxy) is 1. The standard InChI is InChI=1S/C36H38N6O3/c1-24-8-9-27(22-30(24)40-35(44)26-10-12-28(13-11-26)36(2,3)4)31-23-42-15-14-37-34(42)33(39-31)38-29-7-5-6-25(20-29)21-32(43)41-16-18-45-19-17-41/h5-15,20,22-23H,16-19,21H2,1-4H3,(H,38,39)(H,40,44). The van der Waals surface area contributed by atoms with Crippen LogP contribution in [0.15, 0.2) is 85.3 Å². The lowest BCUT2D eigenvalue weighted by atomic mass is 9.86. The minimum Gasteiger partial charge on any atom is -0.378 e. The summed E-state index contributed by atoms with van der Waals surface area (Å²) in [5, 5.41) is 6.51. The Balaban J connectivity index is 1.23. The van der Waals surface area contributed by atoms with Crippen LogP contribution in [0.3, 0.4) is 0 Å². The van der Waals surface area contributed by atoms with Gasteiger partial charge >= 0.3 is 0 Å². The Labute approximate surface area is 263 Å². The maximum atomic E-state index is 13.2. The Morgan fingerprint density at radius 2 is 1.76 bits per heavy atom. The van der Waals surface area contributed by atoms with Crippen LogP contribution in [0.1, 0.15) is 47.8 Å². The van der Waals surface area contributed by atoms with Crippen molar-refractivity contribution in [3.05, 3.63) is 108 Å². The quantitative estimate of drug-likeness (QED) is 0.224. The summed E-state index contributed by atoms with van der Waals surface area (Å²) in [7, 11) is 0. The van der Waals surface area contributed by atoms with Gasteiger partial charge in [0, 0.05) is 54.2 Å². The molecule has 0 spiro atoms. The number of nitrogens with zero attached hydrogens (tertiary/aromatic N) is 4. The topological polar surface area (TPSA) is 101 Å². The molecule has 1 aliphatic rings. The molecule has 1 aliphatic heterocycles. The molecule has 0 aliphatic carbocycles. The van der Waals surface area contributed by atoms with E-state index in [4.69, 9.17) is 9.72 Å². The molecule has 230 valence electrons. The van der Waals surface area contributed by atoms with Crippen molar-refractivity contribution in [2.45, 2.75) is 39.5 Å². The molecule has 5 aromatic rings. The number of aryl methyl sites for hydroxylation is 1. The lowest BCUT2D eigenvalue weighted by Crippen LogP contribution is -2.41. The first kappa shape index (κ1) is 30.0. The third-order valence-corrected chi connectivity index (χ3v) is 8.08. The summed E-state index contributed by atoms with van der Waals surface area (Å²) in [4.78, 5) is 37.3. The maximum absolute atomic E-state index is 13.2. The van der Waals surface area contributed by atoms with Crippen LogP contribution in [0.25, 0.3) is 16.9 Å². The van der Waals surface area contributed by atoms with Gasteiger partial charge in [-0.3, -0.25) is 9.59 Å². The molecular weight excluding hydrogens is 564 g/mol. The molecule has 3 heterocycles. The van der Waals surface area contributed by atoms with Crippen LogP contribution >= 0.6 is 0 Å². The van der Waals surface area contributed by atoms with E-state index in [0.717, 1.165) is 28.1 Å². The zero-order chi connectivity index (χ0) is 31.6. The van der Waals surface area contributed by atoms with Gasteiger partial charge in [-0.05, 0) is 59.4 Å². The van der Waals surface area contributed by atoms with Gasteiger partial charge in [0.15, 0.2) is 11.5 Å². The van der Waals surface area contributed by atoms with E-state index in [1.54, 1.807) is 6.20 Å². The van der Waals surface area contributed by atoms with E-state index in [2.05, 4.69) is 36.4 Å². The zero-order valence-electron chi connectivity index (χ0n) is 26.1. The smallest absolute Gasteiger partial charge is 0.255 e. The van der Waals surface area contributed by atoms with Crippen molar-refractivity contribution in [1.82, 2.24) is 19.3 Å². The summed E-state index contributed by atoms with van der Waals surface area (Å²) in [6, 6.07) is 21.5. The predicted molar refractivity (Wildman–Crippen MR) is 177 cm³/mol. The van der Waals surface area contributed by atoms with E-state index in [-0.39, 0.29) is 17.2 Å². The number of aromatic nitrogens is 3. The average Bonchev–Trinajstić information content (AvgIpc) is 3.52. The number of anilines is 3. The van der Waals surface area contributed by atoms with Crippen LogP contribution in [-0.2, 0) is 21.4 Å². The van der Waals surface area contributed by atoms with Gasteiger partial charge in [0.05, 0.1) is 25.3 Å². The van der Waals surface area contributed by atoms with Crippen molar-refractivity contribution < 1.29 is 14.3 Å². The van der Waals surface area contributed by atoms with Gasteiger partial charge in [0.1, 0.15) is 0 Å². The number of carbonyl (C=O) groups is 2. The molecule has 45 heavy (non-hydrogen) atoms. The molecule has 3 aromatic carbocycles. The third kappa shape index (κ3) is 6.89. The highest BCUT2D eigenvalue weighted by Crippen LogP contribution is 2.29. The van der Waals surface area contributed by atoms with Crippen molar-refractivity contribution >= 4 is 34.7 Å². The van der Waals surface area contributed by atoms with Gasteiger partial charge in [-0.15, -0.1) is 0 Å². The summed E-state index contributed by atoms with van der Waals surface area (Å²) in [6.07, 6.45) is 5.85. The van der Waals surface area contributed by atoms with E-state index in [0.29, 0.717) is 55.4 Å². The zero-order valence-corrected chi connectivity index (χ0v) is 26.1. The Morgan fingerprint density at radius 3 is 2.51 bits per heavy atom. The second kappa shape index (κ2) is 12.5. The Morgan fingerprint density at radius 1 is 0.978 bits per heavy atom. The van der Waals surface area contributed by atoms with Crippen molar-refractivity contribution in [3.8, 4) is 11.3 Å². The number of nitrogens with one attached hydrogen (secondary N) is 2. The van der Waals surface area contributed by atoms with Crippen molar-refractivity contribution in [2.24, 2.45) is 0 Å². The molecule has 2 aromatic heterocycles. The number of morpholine rings is 1. The number of carbonyl (C=O) groups excluding carboxylic acids is 2. The van der Waals surface area contributed by atoms with Crippen LogP contribution in [0.4, 0.5) is 17.2 Å². The molecule has 0 bridgehead atoms. The Hall–Kier alpha value is -5.02. The minimum atomic E-state index is -0.164. The monoisotopic (exact) mass is 602 g/mol. The first-order chi connectivity index (χ1) is 21.6. The fourth-order valence-corrected chi connectivity index (χ4v) is 5.38. The summed E-state index contributed by atoms with van der Waals surface area (Å²) in [5.41, 5.74) is 7.43. The molecule has 2 N–H and O–H groups in total. The number of benzene rings is 3. The van der Waals surface area contributed by atoms with Crippen molar-refractivity contribution in [1.29, 1.82) is 0 Å². The lowest BCUT2D eigenvalue weighted by Gasteiger charge is -2.27. The summed E-state index contributed by atoms with van der Waals surface area (Å²) in [6.45, 7) is 10.8. The van der Waals surface area contributed by atoms with Crippen LogP contribution in [0, 0.1) is 6.92 Å². The minimum absolute atomic E-state index is 0.0157. The highest BCUT2D eigenvalue weighted by Gasteiger charge is 2.18. The normalized spacial score (nSPS) is 13.6. The van der Waals surface area contributed by atoms with E-state index in [9.17, 15) is 9.59 Å². The first-order valence-corrected chi connectivity index (χ1v) is 15.2. The molecule has 2 amide bonds.